The van der Waals surface area contributed by atoms with E-state index in [9.17, 15) is 4.79 Å². The van der Waals surface area contributed by atoms with Crippen LogP contribution in [0.5, 0.6) is 0 Å². The highest BCUT2D eigenvalue weighted by atomic mass is 16.2. The molecule has 3 aromatic rings. The summed E-state index contributed by atoms with van der Waals surface area (Å²) in [7, 11) is 0. The normalized spacial score (nSPS) is 16.9. The van der Waals surface area contributed by atoms with E-state index in [1.165, 1.54) is 5.56 Å². The van der Waals surface area contributed by atoms with Crippen LogP contribution < -0.4 is 10.2 Å². The lowest BCUT2D eigenvalue weighted by Crippen LogP contribution is -2.40. The number of fused-ring (bicyclic) bond motifs is 1. The molecule has 1 atom stereocenters. The van der Waals surface area contributed by atoms with Crippen molar-refractivity contribution < 1.29 is 4.79 Å². The molecule has 1 aliphatic rings. The number of nitrogens with zero attached hydrogens (tertiary/aromatic N) is 3. The van der Waals surface area contributed by atoms with Crippen molar-refractivity contribution in [3.8, 4) is 0 Å². The van der Waals surface area contributed by atoms with E-state index in [2.05, 4.69) is 46.2 Å². The Bertz CT molecular complexity index is 947. The molecule has 4 rings (SSSR count). The molecule has 1 fully saturated rings. The molecule has 0 bridgehead atoms. The molecule has 1 saturated heterocycles. The molecule has 2 aromatic carbocycles. The summed E-state index contributed by atoms with van der Waals surface area (Å²) in [6, 6.07) is 15.8. The molecular weight excluding hydrogens is 336 g/mol. The quantitative estimate of drug-likeness (QED) is 0.751. The summed E-state index contributed by atoms with van der Waals surface area (Å²) >= 11 is 0. The van der Waals surface area contributed by atoms with Crippen LogP contribution in [0, 0.1) is 0 Å². The molecule has 1 amide bonds. The molecule has 1 aliphatic heterocycles. The summed E-state index contributed by atoms with van der Waals surface area (Å²) < 4.78 is 0. The Kier molecular flexibility index (Phi) is 4.75. The van der Waals surface area contributed by atoms with Crippen LogP contribution in [-0.2, 0) is 4.79 Å². The number of hydrogen-bond acceptors (Lipinski definition) is 4. The van der Waals surface area contributed by atoms with E-state index in [1.54, 1.807) is 6.33 Å². The van der Waals surface area contributed by atoms with Gasteiger partial charge in [0.25, 0.3) is 0 Å². The van der Waals surface area contributed by atoms with Gasteiger partial charge >= 0.3 is 0 Å². The fourth-order valence-corrected chi connectivity index (χ4v) is 3.69. The summed E-state index contributed by atoms with van der Waals surface area (Å²) in [6.45, 7) is 5.15. The molecule has 0 aliphatic carbocycles. The van der Waals surface area contributed by atoms with Crippen LogP contribution in [0.3, 0.4) is 0 Å². The second-order valence-corrected chi connectivity index (χ2v) is 7.33. The highest BCUT2D eigenvalue weighted by Crippen LogP contribution is 2.30. The maximum atomic E-state index is 13.0. The Hall–Kier alpha value is -2.95. The molecule has 0 unspecified atom stereocenters. The number of hydrogen-bond donors (Lipinski definition) is 1. The van der Waals surface area contributed by atoms with E-state index >= 15 is 0 Å². The van der Waals surface area contributed by atoms with Gasteiger partial charge in [-0.25, -0.2) is 9.97 Å². The second kappa shape index (κ2) is 7.35. The van der Waals surface area contributed by atoms with Gasteiger partial charge in [0.2, 0.25) is 5.91 Å². The minimum atomic E-state index is -0.215. The molecule has 5 heteroatoms. The Morgan fingerprint density at radius 2 is 1.89 bits per heavy atom. The predicted octanol–water partition coefficient (Wildman–Crippen LogP) is 4.36. The summed E-state index contributed by atoms with van der Waals surface area (Å²) in [5, 5.41) is 4.06. The first-order valence-corrected chi connectivity index (χ1v) is 9.50. The largest absolute Gasteiger partial charge is 0.344 e. The van der Waals surface area contributed by atoms with E-state index in [0.717, 1.165) is 41.8 Å². The smallest absolute Gasteiger partial charge is 0.247 e. The topological polar surface area (TPSA) is 58.1 Å². The molecule has 2 heterocycles. The average Bonchev–Trinajstić information content (AvgIpc) is 3.18. The maximum Gasteiger partial charge on any atom is 0.247 e. The molecule has 0 radical (unpaired) electrons. The number of benzene rings is 2. The van der Waals surface area contributed by atoms with Gasteiger partial charge in [-0.2, -0.15) is 0 Å². The van der Waals surface area contributed by atoms with Crippen LogP contribution in [0.25, 0.3) is 10.9 Å². The monoisotopic (exact) mass is 360 g/mol. The fourth-order valence-electron chi connectivity index (χ4n) is 3.69. The van der Waals surface area contributed by atoms with Gasteiger partial charge in [-0.3, -0.25) is 4.79 Å². The van der Waals surface area contributed by atoms with Gasteiger partial charge in [0.15, 0.2) is 0 Å². The van der Waals surface area contributed by atoms with Gasteiger partial charge in [0.05, 0.1) is 5.52 Å². The molecule has 1 N–H and O–H groups in total. The average molecular weight is 360 g/mol. The number of carbonyl (C=O) groups is 1. The zero-order chi connectivity index (χ0) is 18.8. The van der Waals surface area contributed by atoms with Crippen LogP contribution >= 0.6 is 0 Å². The van der Waals surface area contributed by atoms with Crippen molar-refractivity contribution in [3.63, 3.8) is 0 Å². The van der Waals surface area contributed by atoms with Crippen molar-refractivity contribution in [1.82, 2.24) is 9.97 Å². The van der Waals surface area contributed by atoms with E-state index in [4.69, 9.17) is 0 Å². The molecule has 138 valence electrons. The van der Waals surface area contributed by atoms with E-state index in [1.807, 2.05) is 36.4 Å². The molecule has 27 heavy (non-hydrogen) atoms. The minimum Gasteiger partial charge on any atom is -0.344 e. The maximum absolute atomic E-state index is 13.0. The third kappa shape index (κ3) is 3.50. The van der Waals surface area contributed by atoms with Crippen LogP contribution in [0.1, 0.15) is 38.2 Å². The first-order valence-electron chi connectivity index (χ1n) is 9.50. The van der Waals surface area contributed by atoms with Crippen LogP contribution in [0.2, 0.25) is 0 Å². The lowest BCUT2D eigenvalue weighted by Gasteiger charge is -2.25. The van der Waals surface area contributed by atoms with Gasteiger partial charge in [0, 0.05) is 17.6 Å². The SMILES string of the molecule is CC(C)c1ccc(NC(=O)[C@H]2CCCN2c2ncnc3ccccc23)cc1. The molecule has 1 aromatic heterocycles. The van der Waals surface area contributed by atoms with Crippen LogP contribution in [-0.4, -0.2) is 28.5 Å². The number of anilines is 2. The van der Waals surface area contributed by atoms with E-state index < -0.39 is 0 Å². The number of nitrogens with one attached hydrogen (secondary N) is 1. The first kappa shape index (κ1) is 17.5. The zero-order valence-corrected chi connectivity index (χ0v) is 15.7. The lowest BCUT2D eigenvalue weighted by atomic mass is 10.0. The number of para-hydroxylation sites is 1. The molecule has 0 saturated carbocycles. The van der Waals surface area contributed by atoms with Crippen molar-refractivity contribution in [2.24, 2.45) is 0 Å². The lowest BCUT2D eigenvalue weighted by molar-refractivity contribution is -0.117. The Balaban J connectivity index is 1.56. The van der Waals surface area contributed by atoms with Crippen molar-refractivity contribution in [2.75, 3.05) is 16.8 Å². The summed E-state index contributed by atoms with van der Waals surface area (Å²) in [4.78, 5) is 23.9. The number of aromatic nitrogens is 2. The Labute approximate surface area is 159 Å². The predicted molar refractivity (Wildman–Crippen MR) is 109 cm³/mol. The summed E-state index contributed by atoms with van der Waals surface area (Å²) in [6.07, 6.45) is 3.38. The van der Waals surface area contributed by atoms with Crippen molar-refractivity contribution in [3.05, 3.63) is 60.4 Å². The standard InChI is InChI=1S/C22H24N4O/c1-15(2)16-9-11-17(12-10-16)25-22(27)20-8-5-13-26(20)21-18-6-3-4-7-19(18)23-14-24-21/h3-4,6-7,9-12,14-15,20H,5,8,13H2,1-2H3,(H,25,27)/t20-/m1/s1. The molecular formula is C22H24N4O. The Morgan fingerprint density at radius 1 is 1.11 bits per heavy atom. The van der Waals surface area contributed by atoms with Crippen molar-refractivity contribution in [1.29, 1.82) is 0 Å². The number of amides is 1. The summed E-state index contributed by atoms with van der Waals surface area (Å²) in [5.41, 5.74) is 3.00. The molecule has 5 nitrogen and oxygen atoms in total. The van der Waals surface area contributed by atoms with Crippen molar-refractivity contribution in [2.45, 2.75) is 38.6 Å². The third-order valence-electron chi connectivity index (χ3n) is 5.19. The first-order chi connectivity index (χ1) is 13.1. The van der Waals surface area contributed by atoms with Gasteiger partial charge in [-0.15, -0.1) is 0 Å². The van der Waals surface area contributed by atoms with Crippen LogP contribution in [0.4, 0.5) is 11.5 Å². The number of rotatable bonds is 4. The fraction of sp³-hybridized carbons (Fsp3) is 0.318. The minimum absolute atomic E-state index is 0.0208. The highest BCUT2D eigenvalue weighted by molar-refractivity contribution is 5.99. The van der Waals surface area contributed by atoms with E-state index in [-0.39, 0.29) is 11.9 Å². The van der Waals surface area contributed by atoms with Crippen molar-refractivity contribution >= 4 is 28.3 Å². The van der Waals surface area contributed by atoms with Gasteiger partial charge in [-0.05, 0) is 48.6 Å². The van der Waals surface area contributed by atoms with Gasteiger partial charge in [-0.1, -0.05) is 38.1 Å². The molecule has 0 spiro atoms. The highest BCUT2D eigenvalue weighted by Gasteiger charge is 2.32. The third-order valence-corrected chi connectivity index (χ3v) is 5.19. The second-order valence-electron chi connectivity index (χ2n) is 7.33. The summed E-state index contributed by atoms with van der Waals surface area (Å²) in [5.74, 6) is 1.34. The Morgan fingerprint density at radius 3 is 2.67 bits per heavy atom. The van der Waals surface area contributed by atoms with Gasteiger partial charge < -0.3 is 10.2 Å². The van der Waals surface area contributed by atoms with Crippen LogP contribution in [0.15, 0.2) is 54.9 Å². The zero-order valence-electron chi connectivity index (χ0n) is 15.7. The number of carbonyl (C=O) groups excluding carboxylic acids is 1. The van der Waals surface area contributed by atoms with Gasteiger partial charge in [0.1, 0.15) is 18.2 Å². The van der Waals surface area contributed by atoms with E-state index in [0.29, 0.717) is 5.92 Å².